The van der Waals surface area contributed by atoms with E-state index in [-0.39, 0.29) is 5.82 Å². The Hall–Kier alpha value is -1.39. The summed E-state index contributed by atoms with van der Waals surface area (Å²) >= 11 is 9.29. The van der Waals surface area contributed by atoms with E-state index in [1.807, 2.05) is 12.1 Å². The van der Waals surface area contributed by atoms with Crippen LogP contribution in [-0.2, 0) is 0 Å². The quantitative estimate of drug-likeness (QED) is 0.685. The number of halogens is 3. The Balaban J connectivity index is 2.26. The fraction of sp³-hybridized carbons (Fsp3) is 0. The highest BCUT2D eigenvalue weighted by molar-refractivity contribution is 9.10. The smallest absolute Gasteiger partial charge is 0.139 e. The average molecular weight is 326 g/mol. The molecule has 0 fully saturated rings. The van der Waals surface area contributed by atoms with Crippen molar-refractivity contribution in [3.05, 3.63) is 51.7 Å². The summed E-state index contributed by atoms with van der Waals surface area (Å²) in [6, 6.07) is 10.3. The third-order valence-electron chi connectivity index (χ3n) is 2.67. The molecule has 0 spiro atoms. The van der Waals surface area contributed by atoms with Crippen LogP contribution in [0, 0.1) is 5.82 Å². The number of nitrogens with zero attached hydrogens (tertiary/aromatic N) is 1. The predicted molar refractivity (Wildman–Crippen MR) is 74.2 cm³/mol. The topological polar surface area (TPSA) is 28.7 Å². The molecule has 0 radical (unpaired) electrons. The van der Waals surface area contributed by atoms with Gasteiger partial charge >= 0.3 is 0 Å². The second kappa shape index (κ2) is 4.37. The van der Waals surface area contributed by atoms with Gasteiger partial charge in [0.1, 0.15) is 17.2 Å². The Morgan fingerprint density at radius 2 is 1.94 bits per heavy atom. The van der Waals surface area contributed by atoms with Crippen LogP contribution in [0.25, 0.3) is 22.4 Å². The minimum absolute atomic E-state index is 0.320. The summed E-state index contributed by atoms with van der Waals surface area (Å²) in [6.45, 7) is 0. The molecule has 0 amide bonds. The Labute approximate surface area is 116 Å². The maximum atomic E-state index is 13.5. The van der Waals surface area contributed by atoms with E-state index in [0.29, 0.717) is 26.4 Å². The molecule has 3 aromatic rings. The van der Waals surface area contributed by atoms with Gasteiger partial charge < -0.3 is 4.98 Å². The molecule has 0 aliphatic carbocycles. The van der Waals surface area contributed by atoms with Crippen LogP contribution in [0.1, 0.15) is 0 Å². The number of rotatable bonds is 1. The minimum Gasteiger partial charge on any atom is -0.338 e. The zero-order valence-electron chi connectivity index (χ0n) is 9.05. The number of imidazole rings is 1. The van der Waals surface area contributed by atoms with Gasteiger partial charge in [0.25, 0.3) is 0 Å². The van der Waals surface area contributed by atoms with E-state index in [2.05, 4.69) is 25.9 Å². The highest BCUT2D eigenvalue weighted by atomic mass is 79.9. The molecular formula is C13H7BrClFN2. The van der Waals surface area contributed by atoms with Crippen LogP contribution in [-0.4, -0.2) is 9.97 Å². The van der Waals surface area contributed by atoms with Crippen LogP contribution in [0.3, 0.4) is 0 Å². The summed E-state index contributed by atoms with van der Waals surface area (Å²) in [5.41, 5.74) is 2.18. The molecule has 0 unspecified atom stereocenters. The molecule has 90 valence electrons. The zero-order valence-corrected chi connectivity index (χ0v) is 11.4. The molecule has 1 heterocycles. The summed E-state index contributed by atoms with van der Waals surface area (Å²) in [5, 5.41) is 0.572. The van der Waals surface area contributed by atoms with Crippen LogP contribution >= 0.6 is 27.5 Å². The van der Waals surface area contributed by atoms with Gasteiger partial charge in [-0.15, -0.1) is 0 Å². The van der Waals surface area contributed by atoms with Gasteiger partial charge in [0.15, 0.2) is 0 Å². The van der Waals surface area contributed by atoms with E-state index in [0.717, 1.165) is 5.52 Å². The average Bonchev–Trinajstić information content (AvgIpc) is 2.78. The van der Waals surface area contributed by atoms with Crippen LogP contribution in [0.4, 0.5) is 4.39 Å². The van der Waals surface area contributed by atoms with E-state index in [1.165, 1.54) is 6.07 Å². The standard InChI is InChI=1S/C13H7BrClFN2/c14-11-7(3-1-5-9(11)16)13-17-10-6-2-4-8(15)12(10)18-13/h1-6H,(H,17,18). The van der Waals surface area contributed by atoms with Crippen molar-refractivity contribution in [2.45, 2.75) is 0 Å². The lowest BCUT2D eigenvalue weighted by Crippen LogP contribution is -1.85. The van der Waals surface area contributed by atoms with Gasteiger partial charge in [-0.2, -0.15) is 0 Å². The summed E-state index contributed by atoms with van der Waals surface area (Å²) in [7, 11) is 0. The maximum Gasteiger partial charge on any atom is 0.139 e. The number of hydrogen-bond acceptors (Lipinski definition) is 1. The van der Waals surface area contributed by atoms with Crippen molar-refractivity contribution in [2.24, 2.45) is 0 Å². The lowest BCUT2D eigenvalue weighted by atomic mass is 10.2. The second-order valence-corrected chi connectivity index (χ2v) is 5.02. The normalized spacial score (nSPS) is 11.1. The number of nitrogens with one attached hydrogen (secondary N) is 1. The van der Waals surface area contributed by atoms with E-state index >= 15 is 0 Å². The Kier molecular flexibility index (Phi) is 2.84. The number of hydrogen-bond donors (Lipinski definition) is 1. The van der Waals surface area contributed by atoms with Gasteiger partial charge in [-0.25, -0.2) is 9.37 Å². The molecule has 0 atom stereocenters. The van der Waals surface area contributed by atoms with Crippen molar-refractivity contribution in [1.82, 2.24) is 9.97 Å². The molecular weight excluding hydrogens is 319 g/mol. The highest BCUT2D eigenvalue weighted by Gasteiger charge is 2.12. The molecule has 2 aromatic carbocycles. The van der Waals surface area contributed by atoms with Gasteiger partial charge in [-0.05, 0) is 40.2 Å². The Bertz CT molecular complexity index is 739. The third-order valence-corrected chi connectivity index (χ3v) is 3.78. The molecule has 5 heteroatoms. The summed E-state index contributed by atoms with van der Waals surface area (Å²) in [5.74, 6) is 0.267. The Morgan fingerprint density at radius 3 is 2.72 bits per heavy atom. The van der Waals surface area contributed by atoms with Gasteiger partial charge in [0, 0.05) is 5.56 Å². The fourth-order valence-corrected chi connectivity index (χ4v) is 2.48. The van der Waals surface area contributed by atoms with E-state index in [1.54, 1.807) is 18.2 Å². The molecule has 1 aromatic heterocycles. The molecule has 0 bridgehead atoms. The third kappa shape index (κ3) is 1.82. The molecule has 0 aliphatic rings. The molecule has 2 nitrogen and oxygen atoms in total. The first-order valence-corrected chi connectivity index (χ1v) is 6.42. The predicted octanol–water partition coefficient (Wildman–Crippen LogP) is 4.78. The van der Waals surface area contributed by atoms with Gasteiger partial charge in [-0.1, -0.05) is 23.7 Å². The summed E-state index contributed by atoms with van der Waals surface area (Å²) < 4.78 is 13.9. The first kappa shape index (κ1) is 11.7. The number of para-hydroxylation sites is 1. The molecule has 18 heavy (non-hydrogen) atoms. The van der Waals surface area contributed by atoms with Crippen molar-refractivity contribution >= 4 is 38.6 Å². The van der Waals surface area contributed by atoms with E-state index in [9.17, 15) is 4.39 Å². The van der Waals surface area contributed by atoms with Crippen molar-refractivity contribution in [2.75, 3.05) is 0 Å². The molecule has 0 saturated carbocycles. The number of benzene rings is 2. The van der Waals surface area contributed by atoms with Crippen molar-refractivity contribution in [3.63, 3.8) is 0 Å². The first-order chi connectivity index (χ1) is 8.66. The molecule has 3 rings (SSSR count). The second-order valence-electron chi connectivity index (χ2n) is 3.82. The van der Waals surface area contributed by atoms with Crippen molar-refractivity contribution in [3.8, 4) is 11.4 Å². The van der Waals surface area contributed by atoms with Crippen molar-refractivity contribution in [1.29, 1.82) is 0 Å². The number of fused-ring (bicyclic) bond motifs is 1. The van der Waals surface area contributed by atoms with Crippen LogP contribution in [0.15, 0.2) is 40.9 Å². The first-order valence-electron chi connectivity index (χ1n) is 5.25. The summed E-state index contributed by atoms with van der Waals surface area (Å²) in [6.07, 6.45) is 0. The fourth-order valence-electron chi connectivity index (χ4n) is 1.81. The van der Waals surface area contributed by atoms with Crippen LogP contribution in [0.2, 0.25) is 5.02 Å². The van der Waals surface area contributed by atoms with Gasteiger partial charge in [0.05, 0.1) is 15.0 Å². The SMILES string of the molecule is Fc1cccc(-c2nc3c(Cl)cccc3[nH]2)c1Br. The van der Waals surface area contributed by atoms with E-state index in [4.69, 9.17) is 11.6 Å². The number of H-pyrrole nitrogens is 1. The minimum atomic E-state index is -0.320. The van der Waals surface area contributed by atoms with Crippen molar-refractivity contribution < 1.29 is 4.39 Å². The number of aromatic nitrogens is 2. The monoisotopic (exact) mass is 324 g/mol. The summed E-state index contributed by atoms with van der Waals surface area (Å²) in [4.78, 5) is 7.53. The lowest BCUT2D eigenvalue weighted by Gasteiger charge is -2.00. The van der Waals surface area contributed by atoms with E-state index < -0.39 is 0 Å². The zero-order chi connectivity index (χ0) is 12.7. The van der Waals surface area contributed by atoms with Crippen LogP contribution < -0.4 is 0 Å². The van der Waals surface area contributed by atoms with Gasteiger partial charge in [-0.3, -0.25) is 0 Å². The number of aromatic amines is 1. The molecule has 0 aliphatic heterocycles. The molecule has 1 N–H and O–H groups in total. The van der Waals surface area contributed by atoms with Crippen LogP contribution in [0.5, 0.6) is 0 Å². The largest absolute Gasteiger partial charge is 0.338 e. The molecule has 0 saturated heterocycles. The maximum absolute atomic E-state index is 13.5. The highest BCUT2D eigenvalue weighted by Crippen LogP contribution is 2.31. The Morgan fingerprint density at radius 1 is 1.17 bits per heavy atom. The van der Waals surface area contributed by atoms with Gasteiger partial charge in [0.2, 0.25) is 0 Å². The lowest BCUT2D eigenvalue weighted by molar-refractivity contribution is 0.621.